The molecule has 1 aromatic carbocycles. The van der Waals surface area contributed by atoms with Crippen LogP contribution >= 0.6 is 0 Å². The summed E-state index contributed by atoms with van der Waals surface area (Å²) in [7, 11) is 0. The zero-order chi connectivity index (χ0) is 13.4. The molecule has 0 saturated carbocycles. The number of aromatic nitrogens is 1. The summed E-state index contributed by atoms with van der Waals surface area (Å²) in [4.78, 5) is 26.9. The van der Waals surface area contributed by atoms with Crippen LogP contribution in [-0.4, -0.2) is 16.8 Å². The van der Waals surface area contributed by atoms with Gasteiger partial charge in [0.2, 0.25) is 0 Å². The van der Waals surface area contributed by atoms with Crippen molar-refractivity contribution in [3.05, 3.63) is 47.7 Å². The zero-order valence-corrected chi connectivity index (χ0v) is 9.81. The van der Waals surface area contributed by atoms with Crippen molar-refractivity contribution in [3.63, 3.8) is 0 Å². The van der Waals surface area contributed by atoms with Gasteiger partial charge < -0.3 is 11.1 Å². The third-order valence-electron chi connectivity index (χ3n) is 2.85. The van der Waals surface area contributed by atoms with Gasteiger partial charge in [-0.1, -0.05) is 0 Å². The number of pyridine rings is 1. The van der Waals surface area contributed by atoms with E-state index in [0.29, 0.717) is 28.3 Å². The van der Waals surface area contributed by atoms with Crippen molar-refractivity contribution in [2.45, 2.75) is 0 Å². The summed E-state index contributed by atoms with van der Waals surface area (Å²) in [6, 6.07) is 8.46. The number of nitrogens with zero attached hydrogens (tertiary/aromatic N) is 1. The van der Waals surface area contributed by atoms with E-state index < -0.39 is 0 Å². The van der Waals surface area contributed by atoms with E-state index in [2.05, 4.69) is 15.6 Å². The van der Waals surface area contributed by atoms with Gasteiger partial charge in [0.25, 0.3) is 11.8 Å². The largest absolute Gasteiger partial charge is 0.382 e. The van der Waals surface area contributed by atoms with Crippen LogP contribution in [-0.2, 0) is 0 Å². The predicted molar refractivity (Wildman–Crippen MR) is 70.2 cm³/mol. The highest BCUT2D eigenvalue weighted by Gasteiger charge is 2.26. The van der Waals surface area contributed by atoms with E-state index in [-0.39, 0.29) is 11.8 Å². The van der Waals surface area contributed by atoms with Gasteiger partial charge in [-0.15, -0.1) is 0 Å². The summed E-state index contributed by atoms with van der Waals surface area (Å²) in [5.74, 6) is -0.390. The highest BCUT2D eigenvalue weighted by molar-refractivity contribution is 6.21. The topological polar surface area (TPSA) is 97.1 Å². The second-order valence-corrected chi connectivity index (χ2v) is 4.10. The number of hydrogen-bond donors (Lipinski definition) is 3. The SMILES string of the molecule is Nc1ncccc1Nc1ccc2c(c1)C(=O)NC2=O. The predicted octanol–water partition coefficient (Wildman–Crippen LogP) is 1.29. The van der Waals surface area contributed by atoms with Crippen molar-refractivity contribution < 1.29 is 9.59 Å². The Morgan fingerprint density at radius 2 is 1.89 bits per heavy atom. The van der Waals surface area contributed by atoms with E-state index >= 15 is 0 Å². The molecule has 2 heterocycles. The minimum Gasteiger partial charge on any atom is -0.382 e. The van der Waals surface area contributed by atoms with Crippen LogP contribution < -0.4 is 16.4 Å². The zero-order valence-electron chi connectivity index (χ0n) is 9.81. The molecular weight excluding hydrogens is 244 g/mol. The lowest BCUT2D eigenvalue weighted by molar-refractivity contribution is 0.0879. The quantitative estimate of drug-likeness (QED) is 0.701. The van der Waals surface area contributed by atoms with Crippen LogP contribution in [0.3, 0.4) is 0 Å². The first-order chi connectivity index (χ1) is 9.15. The number of rotatable bonds is 2. The lowest BCUT2D eigenvalue weighted by Gasteiger charge is -2.08. The highest BCUT2D eigenvalue weighted by Crippen LogP contribution is 2.24. The van der Waals surface area contributed by atoms with Crippen LogP contribution in [0.5, 0.6) is 0 Å². The van der Waals surface area contributed by atoms with Gasteiger partial charge in [-0.05, 0) is 30.3 Å². The fourth-order valence-corrected chi connectivity index (χ4v) is 1.92. The standard InChI is InChI=1S/C13H10N4O2/c14-11-10(2-1-5-15-11)16-7-3-4-8-9(6-7)13(19)17-12(8)18/h1-6,16H,(H2,14,15)(H,17,18,19). The van der Waals surface area contributed by atoms with Crippen molar-refractivity contribution in [2.24, 2.45) is 0 Å². The number of nitrogens with two attached hydrogens (primary N) is 1. The summed E-state index contributed by atoms with van der Waals surface area (Å²) in [6.45, 7) is 0. The van der Waals surface area contributed by atoms with Gasteiger partial charge in [-0.2, -0.15) is 0 Å². The number of anilines is 3. The summed E-state index contributed by atoms with van der Waals surface area (Å²) in [6.07, 6.45) is 1.59. The lowest BCUT2D eigenvalue weighted by Crippen LogP contribution is -2.19. The second kappa shape index (κ2) is 4.09. The molecule has 2 amide bonds. The van der Waals surface area contributed by atoms with E-state index in [0.717, 1.165) is 0 Å². The highest BCUT2D eigenvalue weighted by atomic mass is 16.2. The molecule has 4 N–H and O–H groups in total. The van der Waals surface area contributed by atoms with Gasteiger partial charge in [0.15, 0.2) is 0 Å². The Balaban J connectivity index is 1.96. The molecule has 94 valence electrons. The number of imide groups is 1. The molecule has 6 nitrogen and oxygen atoms in total. The number of amides is 2. The molecule has 1 aliphatic heterocycles. The monoisotopic (exact) mass is 254 g/mol. The van der Waals surface area contributed by atoms with Gasteiger partial charge in [-0.3, -0.25) is 14.9 Å². The smallest absolute Gasteiger partial charge is 0.259 e. The number of benzene rings is 1. The molecular formula is C13H10N4O2. The van der Waals surface area contributed by atoms with E-state index in [4.69, 9.17) is 5.73 Å². The molecule has 0 atom stereocenters. The Labute approximate surface area is 108 Å². The van der Waals surface area contributed by atoms with Crippen molar-refractivity contribution in [1.29, 1.82) is 0 Å². The van der Waals surface area contributed by atoms with Crippen LogP contribution in [0.1, 0.15) is 20.7 Å². The molecule has 0 aliphatic carbocycles. The maximum atomic E-state index is 11.6. The molecule has 0 bridgehead atoms. The van der Waals surface area contributed by atoms with E-state index in [9.17, 15) is 9.59 Å². The molecule has 2 aromatic rings. The fourth-order valence-electron chi connectivity index (χ4n) is 1.92. The van der Waals surface area contributed by atoms with Crippen LogP contribution in [0.25, 0.3) is 0 Å². The molecule has 0 fully saturated rings. The average molecular weight is 254 g/mol. The third-order valence-corrected chi connectivity index (χ3v) is 2.85. The average Bonchev–Trinajstić information content (AvgIpc) is 2.68. The second-order valence-electron chi connectivity index (χ2n) is 4.10. The van der Waals surface area contributed by atoms with E-state index in [1.54, 1.807) is 36.5 Å². The Morgan fingerprint density at radius 3 is 2.68 bits per heavy atom. The van der Waals surface area contributed by atoms with Crippen molar-refractivity contribution in [1.82, 2.24) is 10.3 Å². The van der Waals surface area contributed by atoms with Crippen molar-refractivity contribution in [3.8, 4) is 0 Å². The molecule has 0 radical (unpaired) electrons. The summed E-state index contributed by atoms with van der Waals surface area (Å²) < 4.78 is 0. The number of carbonyl (C=O) groups excluding carboxylic acids is 2. The molecule has 0 unspecified atom stereocenters. The first-order valence-electron chi connectivity index (χ1n) is 5.62. The first-order valence-corrected chi connectivity index (χ1v) is 5.62. The van der Waals surface area contributed by atoms with E-state index in [1.165, 1.54) is 0 Å². The molecule has 0 spiro atoms. The first kappa shape index (κ1) is 11.2. The van der Waals surface area contributed by atoms with Gasteiger partial charge in [0.1, 0.15) is 5.82 Å². The lowest BCUT2D eigenvalue weighted by atomic mass is 10.1. The minimum atomic E-state index is -0.386. The number of nitrogens with one attached hydrogen (secondary N) is 2. The van der Waals surface area contributed by atoms with Crippen LogP contribution in [0.15, 0.2) is 36.5 Å². The summed E-state index contributed by atoms with van der Waals surface area (Å²) in [5, 5.41) is 5.30. The summed E-state index contributed by atoms with van der Waals surface area (Å²) >= 11 is 0. The molecule has 0 saturated heterocycles. The Morgan fingerprint density at radius 1 is 1.11 bits per heavy atom. The summed E-state index contributed by atoms with van der Waals surface area (Å²) in [5.41, 5.74) is 7.78. The van der Waals surface area contributed by atoms with Crippen molar-refractivity contribution >= 4 is 29.0 Å². The Bertz CT molecular complexity index is 697. The number of hydrogen-bond acceptors (Lipinski definition) is 5. The van der Waals surface area contributed by atoms with E-state index in [1.807, 2.05) is 0 Å². The molecule has 3 rings (SSSR count). The van der Waals surface area contributed by atoms with Gasteiger partial charge >= 0.3 is 0 Å². The maximum Gasteiger partial charge on any atom is 0.259 e. The Hall–Kier alpha value is -2.89. The van der Waals surface area contributed by atoms with Crippen LogP contribution in [0.2, 0.25) is 0 Å². The molecule has 6 heteroatoms. The van der Waals surface area contributed by atoms with Gasteiger partial charge in [-0.25, -0.2) is 4.98 Å². The maximum absolute atomic E-state index is 11.6. The number of carbonyl (C=O) groups is 2. The Kier molecular flexibility index (Phi) is 2.42. The number of fused-ring (bicyclic) bond motifs is 1. The minimum absolute atomic E-state index is 0.359. The number of nitrogen functional groups attached to an aromatic ring is 1. The molecule has 19 heavy (non-hydrogen) atoms. The normalized spacial score (nSPS) is 13.1. The van der Waals surface area contributed by atoms with Gasteiger partial charge in [0.05, 0.1) is 16.8 Å². The van der Waals surface area contributed by atoms with Crippen LogP contribution in [0, 0.1) is 0 Å². The van der Waals surface area contributed by atoms with Crippen LogP contribution in [0.4, 0.5) is 17.2 Å². The van der Waals surface area contributed by atoms with Gasteiger partial charge in [0, 0.05) is 11.9 Å². The van der Waals surface area contributed by atoms with Crippen molar-refractivity contribution in [2.75, 3.05) is 11.1 Å². The molecule has 1 aliphatic rings. The third kappa shape index (κ3) is 1.89. The molecule has 1 aromatic heterocycles. The fraction of sp³-hybridized carbons (Fsp3) is 0.